The molecule has 0 aromatic heterocycles. The van der Waals surface area contributed by atoms with Crippen molar-refractivity contribution in [3.05, 3.63) is 29.8 Å². The van der Waals surface area contributed by atoms with Crippen LogP contribution < -0.4 is 10.5 Å². The van der Waals surface area contributed by atoms with Crippen molar-refractivity contribution < 1.29 is 9.53 Å². The number of benzene rings is 1. The van der Waals surface area contributed by atoms with Gasteiger partial charge in [-0.15, -0.1) is 0 Å². The van der Waals surface area contributed by atoms with Crippen LogP contribution in [0.15, 0.2) is 24.3 Å². The van der Waals surface area contributed by atoms with Crippen LogP contribution in [-0.2, 0) is 4.79 Å². The molecule has 1 saturated heterocycles. The monoisotopic (exact) mass is 316 g/mol. The molecule has 1 heterocycles. The highest BCUT2D eigenvalue weighted by Crippen LogP contribution is 2.24. The molecule has 2 rings (SSSR count). The predicted molar refractivity (Wildman–Crippen MR) is 95.2 cm³/mol. The highest BCUT2D eigenvalue weighted by Gasteiger charge is 2.18. The van der Waals surface area contributed by atoms with E-state index in [0.29, 0.717) is 24.0 Å². The fourth-order valence-corrected chi connectivity index (χ4v) is 2.56. The SMILES string of the molecule is CC(C)COc1ccc(/C=C\C(=O)N2CCC(C)CC2)cc1N. The summed E-state index contributed by atoms with van der Waals surface area (Å²) in [6.45, 7) is 8.79. The Kier molecular flexibility index (Phi) is 6.08. The van der Waals surface area contributed by atoms with E-state index < -0.39 is 0 Å². The number of amides is 1. The summed E-state index contributed by atoms with van der Waals surface area (Å²) in [4.78, 5) is 14.1. The molecule has 0 aliphatic carbocycles. The van der Waals surface area contributed by atoms with E-state index in [1.807, 2.05) is 29.2 Å². The largest absolute Gasteiger partial charge is 0.491 e. The topological polar surface area (TPSA) is 55.6 Å². The minimum atomic E-state index is 0.0793. The number of carbonyl (C=O) groups is 1. The molecule has 0 spiro atoms. The van der Waals surface area contributed by atoms with Crippen molar-refractivity contribution in [1.29, 1.82) is 0 Å². The van der Waals surface area contributed by atoms with E-state index in [9.17, 15) is 4.79 Å². The average molecular weight is 316 g/mol. The third-order valence-corrected chi connectivity index (χ3v) is 4.12. The number of carbonyl (C=O) groups excluding carboxylic acids is 1. The summed E-state index contributed by atoms with van der Waals surface area (Å²) in [6, 6.07) is 5.64. The standard InChI is InChI=1S/C19H28N2O2/c1-14(2)13-23-18-6-4-16(12-17(18)20)5-7-19(22)21-10-8-15(3)9-11-21/h4-7,12,14-15H,8-11,13,20H2,1-3H3/b7-5-. The van der Waals surface area contributed by atoms with Gasteiger partial charge in [0.1, 0.15) is 5.75 Å². The van der Waals surface area contributed by atoms with Gasteiger partial charge in [-0.25, -0.2) is 0 Å². The Hall–Kier alpha value is -1.97. The van der Waals surface area contributed by atoms with Gasteiger partial charge in [-0.2, -0.15) is 0 Å². The van der Waals surface area contributed by atoms with Crippen molar-refractivity contribution in [2.45, 2.75) is 33.6 Å². The number of anilines is 1. The van der Waals surface area contributed by atoms with Crippen molar-refractivity contribution in [3.8, 4) is 5.75 Å². The normalized spacial score (nSPS) is 16.3. The van der Waals surface area contributed by atoms with Crippen molar-refractivity contribution in [3.63, 3.8) is 0 Å². The quantitative estimate of drug-likeness (QED) is 0.667. The van der Waals surface area contributed by atoms with Gasteiger partial charge in [0.05, 0.1) is 12.3 Å². The second kappa shape index (κ2) is 8.04. The molecule has 1 fully saturated rings. The van der Waals surface area contributed by atoms with E-state index in [1.54, 1.807) is 6.08 Å². The Bertz CT molecular complexity index is 558. The van der Waals surface area contributed by atoms with Crippen LogP contribution >= 0.6 is 0 Å². The van der Waals surface area contributed by atoms with Gasteiger partial charge in [0.15, 0.2) is 0 Å². The summed E-state index contributed by atoms with van der Waals surface area (Å²) in [5.74, 6) is 1.96. The summed E-state index contributed by atoms with van der Waals surface area (Å²) in [5.41, 5.74) is 7.54. The number of ether oxygens (including phenoxy) is 1. The van der Waals surface area contributed by atoms with Gasteiger partial charge in [-0.3, -0.25) is 4.79 Å². The number of likely N-dealkylation sites (tertiary alicyclic amines) is 1. The molecule has 0 atom stereocenters. The van der Waals surface area contributed by atoms with Crippen LogP contribution in [0.1, 0.15) is 39.2 Å². The molecule has 4 nitrogen and oxygen atoms in total. The van der Waals surface area contributed by atoms with E-state index in [4.69, 9.17) is 10.5 Å². The van der Waals surface area contributed by atoms with Crippen LogP contribution in [-0.4, -0.2) is 30.5 Å². The third-order valence-electron chi connectivity index (χ3n) is 4.12. The number of rotatable bonds is 5. The Morgan fingerprint density at radius 3 is 2.70 bits per heavy atom. The molecule has 0 unspecified atom stereocenters. The van der Waals surface area contributed by atoms with Gasteiger partial charge in [-0.1, -0.05) is 26.8 Å². The molecule has 2 N–H and O–H groups in total. The first-order chi connectivity index (χ1) is 11.0. The summed E-state index contributed by atoms with van der Waals surface area (Å²) in [5, 5.41) is 0. The lowest BCUT2D eigenvalue weighted by Gasteiger charge is -2.29. The summed E-state index contributed by atoms with van der Waals surface area (Å²) in [6.07, 6.45) is 5.64. The number of piperidine rings is 1. The van der Waals surface area contributed by atoms with E-state index in [2.05, 4.69) is 20.8 Å². The summed E-state index contributed by atoms with van der Waals surface area (Å²) in [7, 11) is 0. The molecular weight excluding hydrogens is 288 g/mol. The van der Waals surface area contributed by atoms with Gasteiger partial charge in [0.25, 0.3) is 0 Å². The number of nitrogens with two attached hydrogens (primary N) is 1. The molecule has 0 radical (unpaired) electrons. The molecule has 1 aromatic carbocycles. The van der Waals surface area contributed by atoms with Gasteiger partial charge < -0.3 is 15.4 Å². The maximum absolute atomic E-state index is 12.2. The van der Waals surface area contributed by atoms with E-state index in [-0.39, 0.29) is 5.91 Å². The smallest absolute Gasteiger partial charge is 0.246 e. The molecule has 0 bridgehead atoms. The van der Waals surface area contributed by atoms with E-state index >= 15 is 0 Å². The number of nitrogens with zero attached hydrogens (tertiary/aromatic N) is 1. The highest BCUT2D eigenvalue weighted by atomic mass is 16.5. The van der Waals surface area contributed by atoms with Crippen LogP contribution in [0.2, 0.25) is 0 Å². The first-order valence-corrected chi connectivity index (χ1v) is 8.45. The second-order valence-electron chi connectivity index (χ2n) is 6.84. The zero-order valence-electron chi connectivity index (χ0n) is 14.4. The first kappa shape index (κ1) is 17.4. The lowest BCUT2D eigenvalue weighted by atomic mass is 9.99. The molecule has 0 saturated carbocycles. The van der Waals surface area contributed by atoms with E-state index in [1.165, 1.54) is 0 Å². The van der Waals surface area contributed by atoms with Gasteiger partial charge in [0, 0.05) is 19.2 Å². The Morgan fingerprint density at radius 1 is 1.39 bits per heavy atom. The fourth-order valence-electron chi connectivity index (χ4n) is 2.56. The van der Waals surface area contributed by atoms with Crippen LogP contribution in [0.25, 0.3) is 6.08 Å². The molecule has 1 amide bonds. The zero-order chi connectivity index (χ0) is 16.8. The molecular formula is C19H28N2O2. The van der Waals surface area contributed by atoms with Crippen molar-refractivity contribution >= 4 is 17.7 Å². The summed E-state index contributed by atoms with van der Waals surface area (Å²) < 4.78 is 5.66. The molecule has 1 aliphatic heterocycles. The zero-order valence-corrected chi connectivity index (χ0v) is 14.4. The Balaban J connectivity index is 1.94. The van der Waals surface area contributed by atoms with E-state index in [0.717, 1.165) is 37.4 Å². The molecule has 1 aromatic rings. The fraction of sp³-hybridized carbons (Fsp3) is 0.526. The maximum atomic E-state index is 12.2. The maximum Gasteiger partial charge on any atom is 0.246 e. The second-order valence-corrected chi connectivity index (χ2v) is 6.84. The van der Waals surface area contributed by atoms with Crippen molar-refractivity contribution in [2.24, 2.45) is 11.8 Å². The summed E-state index contributed by atoms with van der Waals surface area (Å²) >= 11 is 0. The van der Waals surface area contributed by atoms with Gasteiger partial charge in [0.2, 0.25) is 5.91 Å². The average Bonchev–Trinajstić information content (AvgIpc) is 2.52. The number of nitrogen functional groups attached to an aromatic ring is 1. The van der Waals surface area contributed by atoms with Crippen molar-refractivity contribution in [1.82, 2.24) is 4.90 Å². The first-order valence-electron chi connectivity index (χ1n) is 8.45. The van der Waals surface area contributed by atoms with Crippen LogP contribution in [0.4, 0.5) is 5.69 Å². The molecule has 23 heavy (non-hydrogen) atoms. The lowest BCUT2D eigenvalue weighted by Crippen LogP contribution is -2.36. The molecule has 4 heteroatoms. The molecule has 126 valence electrons. The van der Waals surface area contributed by atoms with Gasteiger partial charge >= 0.3 is 0 Å². The highest BCUT2D eigenvalue weighted by molar-refractivity contribution is 5.92. The minimum Gasteiger partial charge on any atom is -0.491 e. The predicted octanol–water partition coefficient (Wildman–Crippen LogP) is 3.58. The van der Waals surface area contributed by atoms with Crippen LogP contribution in [0.3, 0.4) is 0 Å². The Morgan fingerprint density at radius 2 is 2.09 bits per heavy atom. The Labute approximate surface area is 139 Å². The third kappa shape index (κ3) is 5.31. The number of hydrogen-bond donors (Lipinski definition) is 1. The number of hydrogen-bond acceptors (Lipinski definition) is 3. The minimum absolute atomic E-state index is 0.0793. The van der Waals surface area contributed by atoms with Gasteiger partial charge in [-0.05, 0) is 48.4 Å². The molecule has 1 aliphatic rings. The van der Waals surface area contributed by atoms with Crippen molar-refractivity contribution in [2.75, 3.05) is 25.4 Å². The lowest BCUT2D eigenvalue weighted by molar-refractivity contribution is -0.127. The van der Waals surface area contributed by atoms with Crippen LogP contribution in [0, 0.1) is 11.8 Å². The van der Waals surface area contributed by atoms with Crippen LogP contribution in [0.5, 0.6) is 5.75 Å².